The Balaban J connectivity index is 3.75. The highest BCUT2D eigenvalue weighted by atomic mass is 16.5. The van der Waals surface area contributed by atoms with Crippen molar-refractivity contribution in [1.29, 1.82) is 0 Å². The fourth-order valence-electron chi connectivity index (χ4n) is 1.19. The molecule has 2 unspecified atom stereocenters. The molecule has 0 aromatic carbocycles. The zero-order chi connectivity index (χ0) is 13.4. The zero-order valence-electron chi connectivity index (χ0n) is 11.2. The summed E-state index contributed by atoms with van der Waals surface area (Å²) in [5, 5.41) is 5.89. The molecule has 0 rings (SSSR count). The summed E-state index contributed by atoms with van der Waals surface area (Å²) in [7, 11) is 4.75. The summed E-state index contributed by atoms with van der Waals surface area (Å²) < 4.78 is 4.65. The van der Waals surface area contributed by atoms with Crippen LogP contribution in [0.25, 0.3) is 0 Å². The van der Waals surface area contributed by atoms with Gasteiger partial charge in [0, 0.05) is 33.2 Å². The van der Waals surface area contributed by atoms with E-state index in [1.54, 1.807) is 14.1 Å². The Bertz CT molecular complexity index is 256. The Morgan fingerprint density at radius 2 is 1.82 bits per heavy atom. The highest BCUT2D eigenvalue weighted by Gasteiger charge is 2.19. The average molecular weight is 245 g/mol. The van der Waals surface area contributed by atoms with Crippen molar-refractivity contribution in [3.05, 3.63) is 0 Å². The molecule has 0 aliphatic heterocycles. The van der Waals surface area contributed by atoms with Crippen LogP contribution in [-0.2, 0) is 9.53 Å². The molecule has 0 bridgehead atoms. The van der Waals surface area contributed by atoms with Crippen molar-refractivity contribution in [2.75, 3.05) is 34.3 Å². The second-order valence-corrected chi connectivity index (χ2v) is 4.18. The monoisotopic (exact) mass is 245 g/mol. The molecule has 0 aromatic rings. The van der Waals surface area contributed by atoms with Crippen molar-refractivity contribution in [2.45, 2.75) is 19.9 Å². The van der Waals surface area contributed by atoms with Crippen LogP contribution in [0.1, 0.15) is 13.8 Å². The summed E-state index contributed by atoms with van der Waals surface area (Å²) in [5.41, 5.74) is 0. The number of hydrogen-bond donors (Lipinski definition) is 2. The van der Waals surface area contributed by atoms with E-state index >= 15 is 0 Å². The number of nitrogens with one attached hydrogen (secondary N) is 2. The highest BCUT2D eigenvalue weighted by Crippen LogP contribution is 2.03. The number of urea groups is 1. The molecule has 2 N–H and O–H groups in total. The van der Waals surface area contributed by atoms with Crippen LogP contribution in [0.15, 0.2) is 0 Å². The highest BCUT2D eigenvalue weighted by molar-refractivity contribution is 5.73. The van der Waals surface area contributed by atoms with E-state index < -0.39 is 0 Å². The third-order valence-corrected chi connectivity index (χ3v) is 2.60. The summed E-state index contributed by atoms with van der Waals surface area (Å²) in [5.74, 6) is -0.438. The molecule has 0 spiro atoms. The summed E-state index contributed by atoms with van der Waals surface area (Å²) in [6.07, 6.45) is 0. The van der Waals surface area contributed by atoms with Crippen molar-refractivity contribution < 1.29 is 14.3 Å². The molecule has 0 saturated carbocycles. The van der Waals surface area contributed by atoms with Gasteiger partial charge in [0.15, 0.2) is 0 Å². The number of carbonyl (C=O) groups excluding carboxylic acids is 2. The van der Waals surface area contributed by atoms with Gasteiger partial charge < -0.3 is 20.3 Å². The summed E-state index contributed by atoms with van der Waals surface area (Å²) >= 11 is 0. The van der Waals surface area contributed by atoms with E-state index in [0.29, 0.717) is 13.1 Å². The van der Waals surface area contributed by atoms with Crippen LogP contribution in [0, 0.1) is 5.92 Å². The molecule has 0 aromatic heterocycles. The maximum atomic E-state index is 11.2. The van der Waals surface area contributed by atoms with Gasteiger partial charge in [0.05, 0.1) is 13.0 Å². The van der Waals surface area contributed by atoms with Crippen molar-refractivity contribution >= 4 is 12.0 Å². The zero-order valence-corrected chi connectivity index (χ0v) is 11.2. The first-order chi connectivity index (χ1) is 7.90. The van der Waals surface area contributed by atoms with Gasteiger partial charge in [-0.3, -0.25) is 4.79 Å². The standard InChI is InChI=1S/C11H23N3O3/c1-8(10(15)17-5)9(2)12-6-7-13-11(16)14(3)4/h8-9,12H,6-7H2,1-5H3,(H,13,16). The SMILES string of the molecule is COC(=O)C(C)C(C)NCCNC(=O)N(C)C. The first kappa shape index (κ1) is 15.7. The third kappa shape index (κ3) is 6.11. The second kappa shape index (κ2) is 7.89. The first-order valence-electron chi connectivity index (χ1n) is 5.66. The lowest BCUT2D eigenvalue weighted by Crippen LogP contribution is -2.43. The van der Waals surface area contributed by atoms with E-state index in [-0.39, 0.29) is 24.0 Å². The number of methoxy groups -OCH3 is 1. The minimum Gasteiger partial charge on any atom is -0.469 e. The first-order valence-corrected chi connectivity index (χ1v) is 5.66. The number of ether oxygens (including phenoxy) is 1. The van der Waals surface area contributed by atoms with E-state index in [4.69, 9.17) is 0 Å². The fraction of sp³-hybridized carbons (Fsp3) is 0.818. The van der Waals surface area contributed by atoms with Crippen LogP contribution >= 0.6 is 0 Å². The van der Waals surface area contributed by atoms with Crippen LogP contribution in [-0.4, -0.2) is 57.2 Å². The van der Waals surface area contributed by atoms with Gasteiger partial charge in [0.1, 0.15) is 0 Å². The van der Waals surface area contributed by atoms with Crippen molar-refractivity contribution in [3.63, 3.8) is 0 Å². The molecule has 0 aliphatic rings. The van der Waals surface area contributed by atoms with Gasteiger partial charge in [0.2, 0.25) is 0 Å². The average Bonchev–Trinajstić information content (AvgIpc) is 2.31. The Morgan fingerprint density at radius 1 is 1.24 bits per heavy atom. The predicted octanol–water partition coefficient (Wildman–Crippen LogP) is 0.0448. The lowest BCUT2D eigenvalue weighted by molar-refractivity contribution is -0.145. The summed E-state index contributed by atoms with van der Waals surface area (Å²) in [4.78, 5) is 23.9. The summed E-state index contributed by atoms with van der Waals surface area (Å²) in [6, 6.07) is -0.112. The molecular formula is C11H23N3O3. The molecule has 17 heavy (non-hydrogen) atoms. The van der Waals surface area contributed by atoms with Gasteiger partial charge in [-0.05, 0) is 6.92 Å². The largest absolute Gasteiger partial charge is 0.469 e. The van der Waals surface area contributed by atoms with Gasteiger partial charge >= 0.3 is 12.0 Å². The lowest BCUT2D eigenvalue weighted by atomic mass is 10.0. The van der Waals surface area contributed by atoms with Gasteiger partial charge in [0.25, 0.3) is 0 Å². The molecule has 0 heterocycles. The van der Waals surface area contributed by atoms with Gasteiger partial charge in [-0.2, -0.15) is 0 Å². The minimum absolute atomic E-state index is 0.0127. The number of carbonyl (C=O) groups is 2. The molecule has 6 nitrogen and oxygen atoms in total. The lowest BCUT2D eigenvalue weighted by Gasteiger charge is -2.19. The van der Waals surface area contributed by atoms with Crippen LogP contribution in [0.3, 0.4) is 0 Å². The van der Waals surface area contributed by atoms with Crippen LogP contribution < -0.4 is 10.6 Å². The Kier molecular flexibility index (Phi) is 7.29. The quantitative estimate of drug-likeness (QED) is 0.512. The predicted molar refractivity (Wildman–Crippen MR) is 65.7 cm³/mol. The van der Waals surface area contributed by atoms with Gasteiger partial charge in [-0.15, -0.1) is 0 Å². The second-order valence-electron chi connectivity index (χ2n) is 4.18. The fourth-order valence-corrected chi connectivity index (χ4v) is 1.19. The van der Waals surface area contributed by atoms with Crippen LogP contribution in [0.4, 0.5) is 4.79 Å². The number of hydrogen-bond acceptors (Lipinski definition) is 4. The van der Waals surface area contributed by atoms with Crippen LogP contribution in [0.2, 0.25) is 0 Å². The van der Waals surface area contributed by atoms with Crippen molar-refractivity contribution in [3.8, 4) is 0 Å². The van der Waals surface area contributed by atoms with Gasteiger partial charge in [-0.25, -0.2) is 4.79 Å². The number of amides is 2. The van der Waals surface area contributed by atoms with E-state index in [1.165, 1.54) is 12.0 Å². The third-order valence-electron chi connectivity index (χ3n) is 2.60. The molecule has 0 aliphatic carbocycles. The number of esters is 1. The normalized spacial score (nSPS) is 13.7. The molecule has 2 atom stereocenters. The molecule has 0 saturated heterocycles. The topological polar surface area (TPSA) is 70.7 Å². The van der Waals surface area contributed by atoms with E-state index in [1.807, 2.05) is 13.8 Å². The number of rotatable bonds is 6. The molecular weight excluding hydrogens is 222 g/mol. The smallest absolute Gasteiger partial charge is 0.316 e. The van der Waals surface area contributed by atoms with Gasteiger partial charge in [-0.1, -0.05) is 6.92 Å². The Labute approximate surface area is 103 Å². The maximum Gasteiger partial charge on any atom is 0.316 e. The molecule has 100 valence electrons. The Morgan fingerprint density at radius 3 is 2.29 bits per heavy atom. The Hall–Kier alpha value is -1.30. The molecule has 2 amide bonds. The maximum absolute atomic E-state index is 11.2. The van der Waals surface area contributed by atoms with Crippen molar-refractivity contribution in [2.24, 2.45) is 5.92 Å². The van der Waals surface area contributed by atoms with E-state index in [9.17, 15) is 9.59 Å². The molecule has 0 fully saturated rings. The molecule has 0 radical (unpaired) electrons. The van der Waals surface area contributed by atoms with E-state index in [0.717, 1.165) is 0 Å². The minimum atomic E-state index is -0.234. The summed E-state index contributed by atoms with van der Waals surface area (Å²) in [6.45, 7) is 4.86. The van der Waals surface area contributed by atoms with Crippen molar-refractivity contribution in [1.82, 2.24) is 15.5 Å². The molecule has 6 heteroatoms. The number of nitrogens with zero attached hydrogens (tertiary/aromatic N) is 1. The van der Waals surface area contributed by atoms with Crippen LogP contribution in [0.5, 0.6) is 0 Å². The van der Waals surface area contributed by atoms with E-state index in [2.05, 4.69) is 15.4 Å².